The van der Waals surface area contributed by atoms with Gasteiger partial charge in [0.25, 0.3) is 0 Å². The summed E-state index contributed by atoms with van der Waals surface area (Å²) in [5.41, 5.74) is 0. The van der Waals surface area contributed by atoms with Crippen molar-refractivity contribution >= 4 is 21.4 Å². The first-order valence-corrected chi connectivity index (χ1v) is 7.21. The molecular formula is C11H13ClO3S. The van der Waals surface area contributed by atoms with Crippen molar-refractivity contribution in [1.29, 1.82) is 0 Å². The molecule has 0 aliphatic carbocycles. The van der Waals surface area contributed by atoms with Crippen LogP contribution >= 0.6 is 11.6 Å². The minimum Gasteiger partial charge on any atom is -0.377 e. The maximum Gasteiger partial charge on any atom is 0.182 e. The molecule has 1 aromatic carbocycles. The summed E-state index contributed by atoms with van der Waals surface area (Å²) in [4.78, 5) is 0.201. The second-order valence-corrected chi connectivity index (χ2v) is 6.26. The lowest BCUT2D eigenvalue weighted by molar-refractivity contribution is 0.127. The summed E-state index contributed by atoms with van der Waals surface area (Å²) in [6.07, 6.45) is 1.56. The molecule has 0 N–H and O–H groups in total. The predicted molar refractivity (Wildman–Crippen MR) is 62.5 cm³/mol. The SMILES string of the molecule is O=S(=O)(CC1CCCO1)c1ccccc1Cl. The summed E-state index contributed by atoms with van der Waals surface area (Å²) in [5, 5.41) is 0.278. The molecule has 1 aromatic rings. The first kappa shape index (κ1) is 11.9. The van der Waals surface area contributed by atoms with E-state index in [1.165, 1.54) is 6.07 Å². The fraction of sp³-hybridized carbons (Fsp3) is 0.455. The van der Waals surface area contributed by atoms with Gasteiger partial charge < -0.3 is 4.74 Å². The zero-order valence-corrected chi connectivity index (χ0v) is 10.3. The minimum atomic E-state index is -3.33. The van der Waals surface area contributed by atoms with E-state index in [1.807, 2.05) is 0 Å². The van der Waals surface area contributed by atoms with Crippen LogP contribution in [0.2, 0.25) is 5.02 Å². The summed E-state index contributed by atoms with van der Waals surface area (Å²) < 4.78 is 29.4. The Bertz CT molecular complexity index is 464. The molecule has 0 aromatic heterocycles. The average molecular weight is 261 g/mol. The summed E-state index contributed by atoms with van der Waals surface area (Å²) in [6.45, 7) is 0.655. The molecule has 2 rings (SSSR count). The van der Waals surface area contributed by atoms with Gasteiger partial charge >= 0.3 is 0 Å². The Morgan fingerprint density at radius 2 is 2.12 bits per heavy atom. The molecule has 5 heteroatoms. The molecular weight excluding hydrogens is 248 g/mol. The van der Waals surface area contributed by atoms with Crippen LogP contribution in [0.15, 0.2) is 29.2 Å². The van der Waals surface area contributed by atoms with Gasteiger partial charge in [0.05, 0.1) is 21.8 Å². The molecule has 1 aliphatic heterocycles. The minimum absolute atomic E-state index is 0.0245. The van der Waals surface area contributed by atoms with Crippen molar-refractivity contribution in [2.45, 2.75) is 23.8 Å². The van der Waals surface area contributed by atoms with Gasteiger partial charge in [-0.15, -0.1) is 0 Å². The van der Waals surface area contributed by atoms with Crippen LogP contribution in [-0.2, 0) is 14.6 Å². The summed E-state index contributed by atoms with van der Waals surface area (Å²) in [7, 11) is -3.33. The number of ether oxygens (including phenoxy) is 1. The van der Waals surface area contributed by atoms with Crippen LogP contribution in [0.25, 0.3) is 0 Å². The second-order valence-electron chi connectivity index (χ2n) is 3.85. The fourth-order valence-electron chi connectivity index (χ4n) is 1.81. The van der Waals surface area contributed by atoms with Crippen LogP contribution in [0.3, 0.4) is 0 Å². The number of hydrogen-bond acceptors (Lipinski definition) is 3. The Morgan fingerprint density at radius 3 is 2.75 bits per heavy atom. The normalized spacial score (nSPS) is 21.2. The molecule has 1 atom stereocenters. The first-order chi connectivity index (χ1) is 7.59. The van der Waals surface area contributed by atoms with E-state index in [-0.39, 0.29) is 21.8 Å². The van der Waals surface area contributed by atoms with Crippen LogP contribution < -0.4 is 0 Å². The maximum atomic E-state index is 12.0. The molecule has 0 spiro atoms. The lowest BCUT2D eigenvalue weighted by atomic mass is 10.3. The summed E-state index contributed by atoms with van der Waals surface area (Å²) in [6, 6.07) is 6.51. The van der Waals surface area contributed by atoms with Gasteiger partial charge in [0.15, 0.2) is 9.84 Å². The molecule has 1 aliphatic rings. The van der Waals surface area contributed by atoms with Crippen LogP contribution in [0.4, 0.5) is 0 Å². The van der Waals surface area contributed by atoms with Gasteiger partial charge in [0.1, 0.15) is 0 Å². The van der Waals surface area contributed by atoms with E-state index in [1.54, 1.807) is 18.2 Å². The smallest absolute Gasteiger partial charge is 0.182 e. The number of benzene rings is 1. The summed E-state index contributed by atoms with van der Waals surface area (Å²) >= 11 is 5.87. The molecule has 88 valence electrons. The number of rotatable bonds is 3. The summed E-state index contributed by atoms with van der Waals surface area (Å²) in [5.74, 6) is 0.0245. The Balaban J connectivity index is 2.21. The van der Waals surface area contributed by atoms with E-state index in [0.29, 0.717) is 6.61 Å². The van der Waals surface area contributed by atoms with Gasteiger partial charge in [-0.1, -0.05) is 23.7 Å². The van der Waals surface area contributed by atoms with Gasteiger partial charge in [-0.25, -0.2) is 8.42 Å². The molecule has 3 nitrogen and oxygen atoms in total. The van der Waals surface area contributed by atoms with Gasteiger partial charge in [0.2, 0.25) is 0 Å². The maximum absolute atomic E-state index is 12.0. The van der Waals surface area contributed by atoms with E-state index in [4.69, 9.17) is 16.3 Å². The first-order valence-electron chi connectivity index (χ1n) is 5.18. The van der Waals surface area contributed by atoms with Gasteiger partial charge in [-0.05, 0) is 25.0 Å². The molecule has 0 bridgehead atoms. The number of halogens is 1. The van der Waals surface area contributed by atoms with Gasteiger partial charge in [0, 0.05) is 6.61 Å². The molecule has 16 heavy (non-hydrogen) atoms. The van der Waals surface area contributed by atoms with Crippen molar-refractivity contribution in [1.82, 2.24) is 0 Å². The molecule has 1 heterocycles. The van der Waals surface area contributed by atoms with E-state index in [2.05, 4.69) is 0 Å². The van der Waals surface area contributed by atoms with Crippen LogP contribution in [0.5, 0.6) is 0 Å². The van der Waals surface area contributed by atoms with Crippen molar-refractivity contribution in [3.05, 3.63) is 29.3 Å². The Kier molecular flexibility index (Phi) is 3.52. The Hall–Kier alpha value is -0.580. The Morgan fingerprint density at radius 1 is 1.38 bits per heavy atom. The third-order valence-corrected chi connectivity index (χ3v) is 4.88. The lowest BCUT2D eigenvalue weighted by Gasteiger charge is -2.10. The van der Waals surface area contributed by atoms with E-state index >= 15 is 0 Å². The fourth-order valence-corrected chi connectivity index (χ4v) is 3.88. The standard InChI is InChI=1S/C11H13ClO3S/c12-10-5-1-2-6-11(10)16(13,14)8-9-4-3-7-15-9/h1-2,5-6,9H,3-4,7-8H2. The highest BCUT2D eigenvalue weighted by molar-refractivity contribution is 7.91. The van der Waals surface area contributed by atoms with Crippen molar-refractivity contribution in [3.8, 4) is 0 Å². The highest BCUT2D eigenvalue weighted by Crippen LogP contribution is 2.24. The van der Waals surface area contributed by atoms with Crippen LogP contribution in [0.1, 0.15) is 12.8 Å². The third kappa shape index (κ3) is 2.56. The molecule has 0 amide bonds. The van der Waals surface area contributed by atoms with Gasteiger partial charge in [-0.2, -0.15) is 0 Å². The van der Waals surface area contributed by atoms with Gasteiger partial charge in [-0.3, -0.25) is 0 Å². The number of sulfone groups is 1. The zero-order valence-electron chi connectivity index (χ0n) is 8.73. The zero-order chi connectivity index (χ0) is 11.6. The van der Waals surface area contributed by atoms with Crippen LogP contribution in [-0.4, -0.2) is 26.9 Å². The molecule has 1 unspecified atom stereocenters. The van der Waals surface area contributed by atoms with Crippen molar-refractivity contribution < 1.29 is 13.2 Å². The average Bonchev–Trinajstić information content (AvgIpc) is 2.70. The highest BCUT2D eigenvalue weighted by Gasteiger charge is 2.26. The topological polar surface area (TPSA) is 43.4 Å². The lowest BCUT2D eigenvalue weighted by Crippen LogP contribution is -2.20. The number of hydrogen-bond donors (Lipinski definition) is 0. The molecule has 0 saturated carbocycles. The quantitative estimate of drug-likeness (QED) is 0.838. The van der Waals surface area contributed by atoms with Crippen LogP contribution in [0, 0.1) is 0 Å². The molecule has 0 radical (unpaired) electrons. The third-order valence-electron chi connectivity index (χ3n) is 2.60. The monoisotopic (exact) mass is 260 g/mol. The van der Waals surface area contributed by atoms with Crippen molar-refractivity contribution in [3.63, 3.8) is 0 Å². The Labute approximate surface area is 100 Å². The molecule has 1 saturated heterocycles. The van der Waals surface area contributed by atoms with Crippen molar-refractivity contribution in [2.75, 3.05) is 12.4 Å². The largest absolute Gasteiger partial charge is 0.377 e. The van der Waals surface area contributed by atoms with E-state index < -0.39 is 9.84 Å². The van der Waals surface area contributed by atoms with E-state index in [9.17, 15) is 8.42 Å². The molecule has 1 fully saturated rings. The predicted octanol–water partition coefficient (Wildman–Crippen LogP) is 2.29. The second kappa shape index (κ2) is 4.73. The van der Waals surface area contributed by atoms with E-state index in [0.717, 1.165) is 12.8 Å². The highest BCUT2D eigenvalue weighted by atomic mass is 35.5. The van der Waals surface area contributed by atoms with Crippen molar-refractivity contribution in [2.24, 2.45) is 0 Å².